The van der Waals surface area contributed by atoms with E-state index in [2.05, 4.69) is 0 Å². The summed E-state index contributed by atoms with van der Waals surface area (Å²) in [6.07, 6.45) is 0.611. The second kappa shape index (κ2) is 11.3. The molecule has 15 heavy (non-hydrogen) atoms. The molecule has 0 aliphatic carbocycles. The van der Waals surface area contributed by atoms with E-state index in [0.717, 1.165) is 0 Å². The molecule has 4 nitrogen and oxygen atoms in total. The Morgan fingerprint density at radius 2 is 0.733 bits per heavy atom. The molecule has 0 aromatic heterocycles. The topological polar surface area (TPSA) is 85.6 Å². The molecule has 0 saturated heterocycles. The predicted molar refractivity (Wildman–Crippen MR) is 59.7 cm³/mol. The van der Waals surface area contributed by atoms with E-state index in [-0.39, 0.29) is 41.7 Å². The van der Waals surface area contributed by atoms with E-state index < -0.39 is 0 Å². The fourth-order valence-corrected chi connectivity index (χ4v) is 0.740. The zero-order chi connectivity index (χ0) is 11.7. The number of rotatable bonds is 4. The van der Waals surface area contributed by atoms with Crippen molar-refractivity contribution in [3.05, 3.63) is 0 Å². The van der Waals surface area contributed by atoms with Crippen molar-refractivity contribution in [2.75, 3.05) is 0 Å². The minimum atomic E-state index is 0. The summed E-state index contributed by atoms with van der Waals surface area (Å²) < 4.78 is 0. The molecule has 5 heteroatoms. The van der Waals surface area contributed by atoms with Crippen molar-refractivity contribution >= 4 is 23.1 Å². The average molecular weight is 255 g/mol. The third-order valence-electron chi connectivity index (χ3n) is 1.02. The van der Waals surface area contributed by atoms with Crippen molar-refractivity contribution in [1.82, 2.24) is 0 Å². The van der Waals surface area contributed by atoms with Gasteiger partial charge in [-0.2, -0.15) is 0 Å². The van der Waals surface area contributed by atoms with Crippen LogP contribution in [0.2, 0.25) is 0 Å². The van der Waals surface area contributed by atoms with Gasteiger partial charge in [-0.25, -0.2) is 0 Å². The normalized spacial score (nSPS) is 7.73. The fraction of sp³-hybridized carbons (Fsp3) is 0.600. The minimum absolute atomic E-state index is 0. The van der Waals surface area contributed by atoms with Gasteiger partial charge in [0.25, 0.3) is 0 Å². The molecule has 1 radical (unpaired) electrons. The molecule has 0 fully saturated rings. The van der Waals surface area contributed by atoms with Gasteiger partial charge in [0.1, 0.15) is 0 Å². The molecule has 0 heterocycles. The van der Waals surface area contributed by atoms with Gasteiger partial charge in [-0.1, -0.05) is 0 Å². The Bertz CT molecular complexity index is 196. The summed E-state index contributed by atoms with van der Waals surface area (Å²) in [6.45, 7) is 6.22. The van der Waals surface area contributed by atoms with Crippen molar-refractivity contribution < 1.29 is 37.7 Å². The van der Waals surface area contributed by atoms with Crippen LogP contribution in [-0.2, 0) is 18.6 Å². The molecule has 0 aliphatic heterocycles. The maximum absolute atomic E-state index is 8.46. The first-order chi connectivity index (χ1) is 6.25. The molecule has 0 rings (SSSR count). The Morgan fingerprint density at radius 1 is 0.600 bits per heavy atom. The van der Waals surface area contributed by atoms with Gasteiger partial charge < -0.3 is 0 Å². The second-order valence-electron chi connectivity index (χ2n) is 3.29. The molecule has 0 aliphatic rings. The van der Waals surface area contributed by atoms with E-state index in [1.165, 1.54) is 0 Å². The van der Waals surface area contributed by atoms with Gasteiger partial charge in [-0.3, -0.25) is 19.2 Å². The summed E-state index contributed by atoms with van der Waals surface area (Å²) in [7, 11) is 0. The predicted octanol–water partition coefficient (Wildman–Crippen LogP) is 1.01. The first-order valence-electron chi connectivity index (χ1n) is 4.31. The average Bonchev–Trinajstić information content (AvgIpc) is 1.79. The summed E-state index contributed by atoms with van der Waals surface area (Å²) in [5, 5.41) is 0. The molecule has 0 spiro atoms. The maximum atomic E-state index is 8.46. The van der Waals surface area contributed by atoms with Crippen LogP contribution in [-0.4, -0.2) is 42.3 Å². The molecule has 0 aromatic carbocycles. The summed E-state index contributed by atoms with van der Waals surface area (Å²) in [6, 6.07) is 0. The van der Waals surface area contributed by atoms with Crippen LogP contribution in [0, 0.1) is 0 Å². The summed E-state index contributed by atoms with van der Waals surface area (Å²) in [4.78, 5) is 33.8. The Labute approximate surface area is 102 Å². The van der Waals surface area contributed by atoms with Crippen LogP contribution in [0.15, 0.2) is 0 Å². The van der Waals surface area contributed by atoms with Crippen LogP contribution in [0.3, 0.4) is 0 Å². The van der Waals surface area contributed by atoms with Crippen LogP contribution < -0.4 is 0 Å². The van der Waals surface area contributed by atoms with Crippen LogP contribution >= 0.6 is 0 Å². The van der Waals surface area contributed by atoms with Gasteiger partial charge in [-0.15, -0.1) is 0 Å². The third-order valence-corrected chi connectivity index (χ3v) is 1.02. The van der Waals surface area contributed by atoms with Gasteiger partial charge in [0, 0.05) is 46.3 Å². The molecular formula is C10H20O4V+4. The standard InChI is InChI=1S/2C5H8O2.V/c2*1-4(6)3-5(2)7;/h2*3H2,1-2H3;/p+4. The van der Waals surface area contributed by atoms with Crippen LogP contribution in [0.4, 0.5) is 0 Å². The molecule has 0 saturated carbocycles. The Kier molecular flexibility index (Phi) is 15.0. The number of ketones is 4. The fourth-order valence-electron chi connectivity index (χ4n) is 0.740. The minimum Gasteiger partial charge on any atom is -0.283 e. The van der Waals surface area contributed by atoms with Gasteiger partial charge in [0.15, 0.2) is 12.8 Å². The monoisotopic (exact) mass is 255 g/mol. The molecule has 0 atom stereocenters. The van der Waals surface area contributed by atoms with E-state index in [9.17, 15) is 0 Å². The molecule has 0 amide bonds. The van der Waals surface area contributed by atoms with Crippen LogP contribution in [0.1, 0.15) is 40.5 Å². The van der Waals surface area contributed by atoms with Crippen molar-refractivity contribution in [3.8, 4) is 0 Å². The molecular weight excluding hydrogens is 235 g/mol. The van der Waals surface area contributed by atoms with E-state index in [1.54, 1.807) is 27.7 Å². The summed E-state index contributed by atoms with van der Waals surface area (Å²) in [5.41, 5.74) is 0. The Hall–Kier alpha value is -0.736. The second-order valence-corrected chi connectivity index (χ2v) is 3.29. The smallest absolute Gasteiger partial charge is 0.283 e. The van der Waals surface area contributed by atoms with Gasteiger partial charge >= 0.3 is 23.1 Å². The third kappa shape index (κ3) is 31.9. The van der Waals surface area contributed by atoms with Gasteiger partial charge in [0.2, 0.25) is 0 Å². The maximum Gasteiger partial charge on any atom is 0.302 e. The van der Waals surface area contributed by atoms with Crippen molar-refractivity contribution in [1.29, 1.82) is 0 Å². The summed E-state index contributed by atoms with van der Waals surface area (Å²) in [5.74, 6) is 1.00. The number of hydrogen-bond donors (Lipinski definition) is 0. The first kappa shape index (κ1) is 19.8. The van der Waals surface area contributed by atoms with Gasteiger partial charge in [0.05, 0.1) is 0 Å². The molecule has 85 valence electrons. The van der Waals surface area contributed by atoms with E-state index >= 15 is 0 Å². The Morgan fingerprint density at radius 3 is 0.733 bits per heavy atom. The largest absolute Gasteiger partial charge is 0.302 e. The quantitative estimate of drug-likeness (QED) is 0.530. The van der Waals surface area contributed by atoms with Crippen molar-refractivity contribution in [2.24, 2.45) is 0 Å². The molecule has 0 bridgehead atoms. The molecule has 0 unspecified atom stereocenters. The molecule has 4 N–H and O–H groups in total. The first-order valence-corrected chi connectivity index (χ1v) is 4.31. The van der Waals surface area contributed by atoms with Crippen LogP contribution in [0.5, 0.6) is 0 Å². The zero-order valence-electron chi connectivity index (χ0n) is 9.65. The van der Waals surface area contributed by atoms with Crippen molar-refractivity contribution in [3.63, 3.8) is 0 Å². The van der Waals surface area contributed by atoms with Gasteiger partial charge in [-0.05, 0) is 0 Å². The molecule has 0 aromatic rings. The van der Waals surface area contributed by atoms with E-state index in [0.29, 0.717) is 12.8 Å². The Balaban J connectivity index is -0.000000180. The van der Waals surface area contributed by atoms with Crippen LogP contribution in [0.25, 0.3) is 0 Å². The van der Waals surface area contributed by atoms with E-state index in [4.69, 9.17) is 19.2 Å². The van der Waals surface area contributed by atoms with E-state index in [1.807, 2.05) is 0 Å². The number of carbonyl (C=O) groups excluding carboxylic acids is 4. The van der Waals surface area contributed by atoms with Crippen molar-refractivity contribution in [2.45, 2.75) is 40.5 Å². The number of hydrogen-bond acceptors (Lipinski definition) is 0. The SMILES string of the molecule is CC(=[OH+])CC(C)=[OH+].CC(=[OH+])CC(C)=[OH+].[V]. The summed E-state index contributed by atoms with van der Waals surface area (Å²) >= 11 is 0. The zero-order valence-corrected chi connectivity index (χ0v) is 11.0.